The number of aromatic nitrogens is 2. The van der Waals surface area contributed by atoms with E-state index in [1.165, 1.54) is 23.9 Å². The molecule has 0 radical (unpaired) electrons. The van der Waals surface area contributed by atoms with Crippen LogP contribution in [0.1, 0.15) is 32.2 Å². The first-order valence-electron chi connectivity index (χ1n) is 7.06. The Balaban J connectivity index is 2.05. The summed E-state index contributed by atoms with van der Waals surface area (Å²) >= 11 is 1.20. The number of imidazole rings is 1. The van der Waals surface area contributed by atoms with E-state index >= 15 is 0 Å². The van der Waals surface area contributed by atoms with E-state index in [0.29, 0.717) is 11.1 Å². The highest BCUT2D eigenvalue weighted by molar-refractivity contribution is 7.99. The lowest BCUT2D eigenvalue weighted by Gasteiger charge is -2.16. The average Bonchev–Trinajstić information content (AvgIpc) is 2.99. The van der Waals surface area contributed by atoms with Crippen molar-refractivity contribution in [1.82, 2.24) is 9.55 Å². The van der Waals surface area contributed by atoms with Crippen LogP contribution in [0.3, 0.4) is 0 Å². The van der Waals surface area contributed by atoms with Gasteiger partial charge in [-0.1, -0.05) is 18.7 Å². The number of benzene rings is 1. The summed E-state index contributed by atoms with van der Waals surface area (Å²) in [6.45, 7) is 2.21. The van der Waals surface area contributed by atoms with Gasteiger partial charge in [0.2, 0.25) is 0 Å². The summed E-state index contributed by atoms with van der Waals surface area (Å²) in [7, 11) is 0. The SMILES string of the molecule is CC1CCC(n2c(SCC(=O)O)nc3ccc(F)cc32)C1. The summed E-state index contributed by atoms with van der Waals surface area (Å²) in [5.41, 5.74) is 1.49. The number of aliphatic carboxylic acids is 1. The van der Waals surface area contributed by atoms with Crippen LogP contribution in [0.5, 0.6) is 0 Å². The van der Waals surface area contributed by atoms with Crippen LogP contribution in [0.4, 0.5) is 4.39 Å². The maximum atomic E-state index is 13.6. The first-order chi connectivity index (χ1) is 10.0. The number of carbonyl (C=O) groups is 1. The van der Waals surface area contributed by atoms with Crippen LogP contribution in [0.15, 0.2) is 23.4 Å². The number of hydrogen-bond donors (Lipinski definition) is 1. The van der Waals surface area contributed by atoms with Crippen molar-refractivity contribution in [2.45, 2.75) is 37.4 Å². The lowest BCUT2D eigenvalue weighted by molar-refractivity contribution is -0.133. The van der Waals surface area contributed by atoms with Crippen LogP contribution >= 0.6 is 11.8 Å². The fourth-order valence-corrected chi connectivity index (χ4v) is 3.84. The molecule has 1 heterocycles. The molecule has 2 unspecified atom stereocenters. The van der Waals surface area contributed by atoms with Gasteiger partial charge in [-0.3, -0.25) is 4.79 Å². The molecular formula is C15H17FN2O2S. The van der Waals surface area contributed by atoms with Crippen LogP contribution in [0, 0.1) is 11.7 Å². The highest BCUT2D eigenvalue weighted by atomic mass is 32.2. The number of fused-ring (bicyclic) bond motifs is 1. The number of halogens is 1. The Morgan fingerprint density at radius 3 is 3.00 bits per heavy atom. The zero-order chi connectivity index (χ0) is 15.0. The Labute approximate surface area is 126 Å². The summed E-state index contributed by atoms with van der Waals surface area (Å²) in [6.07, 6.45) is 3.20. The molecule has 3 rings (SSSR count). The largest absolute Gasteiger partial charge is 0.481 e. The van der Waals surface area contributed by atoms with Crippen LogP contribution in [0.25, 0.3) is 11.0 Å². The van der Waals surface area contributed by atoms with Crippen molar-refractivity contribution >= 4 is 28.8 Å². The maximum Gasteiger partial charge on any atom is 0.313 e. The van der Waals surface area contributed by atoms with Crippen molar-refractivity contribution in [3.05, 3.63) is 24.0 Å². The minimum atomic E-state index is -0.871. The van der Waals surface area contributed by atoms with E-state index in [4.69, 9.17) is 5.11 Å². The van der Waals surface area contributed by atoms with Crippen LogP contribution in [-0.4, -0.2) is 26.4 Å². The molecule has 0 bridgehead atoms. The topological polar surface area (TPSA) is 55.1 Å². The Kier molecular flexibility index (Phi) is 3.89. The van der Waals surface area contributed by atoms with Gasteiger partial charge < -0.3 is 9.67 Å². The van der Waals surface area contributed by atoms with Gasteiger partial charge in [-0.15, -0.1) is 0 Å². The Hall–Kier alpha value is -1.56. The molecule has 1 aromatic heterocycles. The molecule has 112 valence electrons. The van der Waals surface area contributed by atoms with Crippen molar-refractivity contribution in [2.75, 3.05) is 5.75 Å². The molecule has 0 aliphatic heterocycles. The predicted molar refractivity (Wildman–Crippen MR) is 80.1 cm³/mol. The molecular weight excluding hydrogens is 291 g/mol. The molecule has 0 amide bonds. The van der Waals surface area contributed by atoms with Crippen LogP contribution < -0.4 is 0 Å². The molecule has 0 saturated heterocycles. The van der Waals surface area contributed by atoms with E-state index in [1.54, 1.807) is 6.07 Å². The number of rotatable bonds is 4. The lowest BCUT2D eigenvalue weighted by Crippen LogP contribution is -2.08. The van der Waals surface area contributed by atoms with Crippen LogP contribution in [0.2, 0.25) is 0 Å². The predicted octanol–water partition coefficient (Wildman–Crippen LogP) is 3.71. The van der Waals surface area contributed by atoms with Crippen molar-refractivity contribution in [3.63, 3.8) is 0 Å². The van der Waals surface area contributed by atoms with Crippen molar-refractivity contribution < 1.29 is 14.3 Å². The van der Waals surface area contributed by atoms with Gasteiger partial charge in [0, 0.05) is 6.04 Å². The summed E-state index contributed by atoms with van der Waals surface area (Å²) in [6, 6.07) is 4.83. The van der Waals surface area contributed by atoms with Gasteiger partial charge in [-0.2, -0.15) is 0 Å². The molecule has 1 fully saturated rings. The monoisotopic (exact) mass is 308 g/mol. The van der Waals surface area contributed by atoms with Gasteiger partial charge in [0.05, 0.1) is 16.8 Å². The van der Waals surface area contributed by atoms with E-state index in [1.807, 2.05) is 4.57 Å². The van der Waals surface area contributed by atoms with Gasteiger partial charge >= 0.3 is 5.97 Å². The lowest BCUT2D eigenvalue weighted by atomic mass is 10.1. The number of nitrogens with zero attached hydrogens (tertiary/aromatic N) is 2. The first kappa shape index (κ1) is 14.4. The van der Waals surface area contributed by atoms with Crippen LogP contribution in [-0.2, 0) is 4.79 Å². The molecule has 1 aliphatic carbocycles. The van der Waals surface area contributed by atoms with Crippen molar-refractivity contribution in [2.24, 2.45) is 5.92 Å². The van der Waals surface area contributed by atoms with Crippen molar-refractivity contribution in [1.29, 1.82) is 0 Å². The van der Waals surface area contributed by atoms with E-state index in [2.05, 4.69) is 11.9 Å². The Bertz CT molecular complexity index is 686. The minimum absolute atomic E-state index is 0.0337. The van der Waals surface area contributed by atoms with Gasteiger partial charge in [-0.05, 0) is 43.4 Å². The first-order valence-corrected chi connectivity index (χ1v) is 8.05. The second-order valence-electron chi connectivity index (χ2n) is 5.65. The molecule has 1 N–H and O–H groups in total. The van der Waals surface area contributed by atoms with E-state index in [0.717, 1.165) is 30.3 Å². The second-order valence-corrected chi connectivity index (χ2v) is 6.59. The van der Waals surface area contributed by atoms with Gasteiger partial charge in [0.1, 0.15) is 5.82 Å². The molecule has 1 aliphatic rings. The maximum absolute atomic E-state index is 13.6. The third-order valence-electron chi connectivity index (χ3n) is 3.98. The number of carboxylic acid groups (broad SMARTS) is 1. The Morgan fingerprint density at radius 1 is 1.52 bits per heavy atom. The number of thioether (sulfide) groups is 1. The summed E-state index contributed by atoms with van der Waals surface area (Å²) < 4.78 is 15.6. The molecule has 0 spiro atoms. The molecule has 2 aromatic rings. The van der Waals surface area contributed by atoms with Crippen molar-refractivity contribution in [3.8, 4) is 0 Å². The molecule has 1 aromatic carbocycles. The number of hydrogen-bond acceptors (Lipinski definition) is 3. The van der Waals surface area contributed by atoms with E-state index in [-0.39, 0.29) is 17.6 Å². The zero-order valence-corrected chi connectivity index (χ0v) is 12.6. The average molecular weight is 308 g/mol. The fraction of sp³-hybridized carbons (Fsp3) is 0.467. The third kappa shape index (κ3) is 2.90. The molecule has 2 atom stereocenters. The molecule has 21 heavy (non-hydrogen) atoms. The van der Waals surface area contributed by atoms with E-state index < -0.39 is 5.97 Å². The second kappa shape index (κ2) is 5.67. The van der Waals surface area contributed by atoms with E-state index in [9.17, 15) is 9.18 Å². The quantitative estimate of drug-likeness (QED) is 0.875. The van der Waals surface area contributed by atoms with Gasteiger partial charge in [-0.25, -0.2) is 9.37 Å². The number of carboxylic acids is 1. The Morgan fingerprint density at radius 2 is 2.33 bits per heavy atom. The summed E-state index contributed by atoms with van der Waals surface area (Å²) in [5, 5.41) is 9.55. The third-order valence-corrected chi connectivity index (χ3v) is 4.91. The fourth-order valence-electron chi connectivity index (χ4n) is 3.04. The minimum Gasteiger partial charge on any atom is -0.481 e. The summed E-state index contributed by atoms with van der Waals surface area (Å²) in [5.74, 6) is -0.555. The normalized spacial score (nSPS) is 22.0. The zero-order valence-electron chi connectivity index (χ0n) is 11.8. The molecule has 1 saturated carbocycles. The molecule has 4 nitrogen and oxygen atoms in total. The highest BCUT2D eigenvalue weighted by Crippen LogP contribution is 2.39. The van der Waals surface area contributed by atoms with Gasteiger partial charge in [0.15, 0.2) is 5.16 Å². The van der Waals surface area contributed by atoms with Gasteiger partial charge in [0.25, 0.3) is 0 Å². The standard InChI is InChI=1S/C15H17FN2O2S/c1-9-2-4-11(6-9)18-13-7-10(16)3-5-12(13)17-15(18)21-8-14(19)20/h3,5,7,9,11H,2,4,6,8H2,1H3,(H,19,20). The summed E-state index contributed by atoms with van der Waals surface area (Å²) in [4.78, 5) is 15.3. The molecule has 6 heteroatoms. The highest BCUT2D eigenvalue weighted by Gasteiger charge is 2.27. The smallest absolute Gasteiger partial charge is 0.313 e.